The van der Waals surface area contributed by atoms with Gasteiger partial charge in [0.2, 0.25) is 0 Å². The molecule has 5 atom stereocenters. The van der Waals surface area contributed by atoms with Crippen molar-refractivity contribution in [3.05, 3.63) is 35.4 Å². The highest BCUT2D eigenvalue weighted by Gasteiger charge is 2.46. The second-order valence-corrected chi connectivity index (χ2v) is 10.2. The molecule has 0 aromatic heterocycles. The fourth-order valence-corrected chi connectivity index (χ4v) is 5.15. The van der Waals surface area contributed by atoms with Crippen LogP contribution in [0.3, 0.4) is 0 Å². The lowest BCUT2D eigenvalue weighted by Crippen LogP contribution is -2.58. The van der Waals surface area contributed by atoms with E-state index in [4.69, 9.17) is 4.74 Å². The van der Waals surface area contributed by atoms with Crippen LogP contribution in [0.5, 0.6) is 0 Å². The van der Waals surface area contributed by atoms with Crippen molar-refractivity contribution in [3.8, 4) is 6.07 Å². The van der Waals surface area contributed by atoms with E-state index >= 15 is 0 Å². The van der Waals surface area contributed by atoms with Gasteiger partial charge in [0.25, 0.3) is 0 Å². The van der Waals surface area contributed by atoms with Crippen LogP contribution in [0.15, 0.2) is 24.3 Å². The van der Waals surface area contributed by atoms with Crippen LogP contribution in [0, 0.1) is 11.3 Å². The van der Waals surface area contributed by atoms with E-state index in [1.807, 2.05) is 0 Å². The summed E-state index contributed by atoms with van der Waals surface area (Å²) in [7, 11) is 0. The molecule has 2 fully saturated rings. The van der Waals surface area contributed by atoms with Crippen molar-refractivity contribution in [2.75, 3.05) is 13.1 Å². The Labute approximate surface area is 202 Å². The summed E-state index contributed by atoms with van der Waals surface area (Å²) in [5.74, 6) is -0.145. The number of carbonyl (C=O) groups is 2. The molecule has 3 unspecified atom stereocenters. The van der Waals surface area contributed by atoms with Gasteiger partial charge in [0, 0.05) is 19.0 Å². The number of rotatable bonds is 5. The highest BCUT2D eigenvalue weighted by Crippen LogP contribution is 2.41. The summed E-state index contributed by atoms with van der Waals surface area (Å²) in [6.45, 7) is 4.93. The van der Waals surface area contributed by atoms with Crippen LogP contribution < -0.4 is 0 Å². The van der Waals surface area contributed by atoms with Gasteiger partial charge in [-0.25, -0.2) is 9.18 Å². The smallest absolute Gasteiger partial charge is 0.416 e. The van der Waals surface area contributed by atoms with Gasteiger partial charge in [-0.1, -0.05) is 12.1 Å². The molecule has 1 heterocycles. The maximum absolute atomic E-state index is 14.3. The fraction of sp³-hybridized carbons (Fsp3) is 0.640. The highest BCUT2D eigenvalue weighted by atomic mass is 19.4. The molecule has 192 valence electrons. The molecule has 1 aromatic rings. The standard InChI is InChI=1S/C25H31F4N3O3/c1-24(2,3)35-23(34)31(10-11-33)21-9-6-17(16-4-7-18(8-5-16)25(27,28)29)12-22(21)32-15-19(26)13-20(32)14-30/h4-5,7-8,11,17,19-22H,6,9-10,12-13,15H2,1-3H3/t17?,19-,20-,21?,22?/m0/s1. The van der Waals surface area contributed by atoms with Gasteiger partial charge in [0.1, 0.15) is 24.1 Å². The normalized spacial score (nSPS) is 27.8. The molecule has 6 nitrogen and oxygen atoms in total. The molecule has 1 aliphatic heterocycles. The van der Waals surface area contributed by atoms with Gasteiger partial charge in [-0.2, -0.15) is 18.4 Å². The van der Waals surface area contributed by atoms with Crippen molar-refractivity contribution < 1.29 is 31.9 Å². The number of hydrogen-bond donors (Lipinski definition) is 0. The average Bonchev–Trinajstić information content (AvgIpc) is 3.16. The Hall–Kier alpha value is -2.67. The Morgan fingerprint density at radius 2 is 1.86 bits per heavy atom. The number of likely N-dealkylation sites (tertiary alicyclic amines) is 1. The molecule has 35 heavy (non-hydrogen) atoms. The summed E-state index contributed by atoms with van der Waals surface area (Å²) >= 11 is 0. The number of amides is 1. The minimum Gasteiger partial charge on any atom is -0.444 e. The summed E-state index contributed by atoms with van der Waals surface area (Å²) in [5, 5.41) is 9.64. The topological polar surface area (TPSA) is 73.6 Å². The van der Waals surface area contributed by atoms with Crippen molar-refractivity contribution in [2.24, 2.45) is 0 Å². The van der Waals surface area contributed by atoms with E-state index in [1.165, 1.54) is 17.0 Å². The molecule has 2 aliphatic rings. The van der Waals surface area contributed by atoms with E-state index in [0.29, 0.717) is 31.1 Å². The fourth-order valence-electron chi connectivity index (χ4n) is 5.15. The Morgan fingerprint density at radius 1 is 1.20 bits per heavy atom. The van der Waals surface area contributed by atoms with E-state index in [9.17, 15) is 32.4 Å². The third-order valence-electron chi connectivity index (χ3n) is 6.65. The zero-order chi connectivity index (χ0) is 26.0. The summed E-state index contributed by atoms with van der Waals surface area (Å²) < 4.78 is 58.9. The van der Waals surface area contributed by atoms with Crippen LogP contribution in [-0.2, 0) is 15.7 Å². The first-order valence-electron chi connectivity index (χ1n) is 11.7. The zero-order valence-electron chi connectivity index (χ0n) is 20.1. The quantitative estimate of drug-likeness (QED) is 0.419. The van der Waals surface area contributed by atoms with Crippen molar-refractivity contribution >= 4 is 12.4 Å². The van der Waals surface area contributed by atoms with Gasteiger partial charge in [0.05, 0.1) is 24.2 Å². The first kappa shape index (κ1) is 26.9. The molecule has 1 saturated carbocycles. The summed E-state index contributed by atoms with van der Waals surface area (Å²) in [4.78, 5) is 27.5. The first-order valence-corrected chi connectivity index (χ1v) is 11.7. The second-order valence-electron chi connectivity index (χ2n) is 10.2. The molecule has 10 heteroatoms. The van der Waals surface area contributed by atoms with Gasteiger partial charge in [0.15, 0.2) is 0 Å². The minimum absolute atomic E-state index is 0.0162. The molecule has 1 aromatic carbocycles. The van der Waals surface area contributed by atoms with Crippen LogP contribution in [0.25, 0.3) is 0 Å². The lowest BCUT2D eigenvalue weighted by Gasteiger charge is -2.46. The van der Waals surface area contributed by atoms with Crippen LogP contribution in [0.1, 0.15) is 63.5 Å². The third-order valence-corrected chi connectivity index (χ3v) is 6.65. The molecule has 3 rings (SSSR count). The molecule has 1 amide bonds. The SMILES string of the molecule is CC(C)(C)OC(=O)N(CC=O)C1CCC(c2ccc(C(F)(F)F)cc2)CC1N1C[C@@H](F)C[C@H]1C#N. The first-order chi connectivity index (χ1) is 16.3. The van der Waals surface area contributed by atoms with Gasteiger partial charge < -0.3 is 9.53 Å². The number of benzene rings is 1. The molecule has 1 saturated heterocycles. The number of alkyl halides is 4. The minimum atomic E-state index is -4.44. The van der Waals surface area contributed by atoms with Crippen LogP contribution >= 0.6 is 0 Å². The van der Waals surface area contributed by atoms with Crippen molar-refractivity contribution in [3.63, 3.8) is 0 Å². The van der Waals surface area contributed by atoms with E-state index in [-0.39, 0.29) is 25.4 Å². The zero-order valence-corrected chi connectivity index (χ0v) is 20.1. The largest absolute Gasteiger partial charge is 0.444 e. The lowest BCUT2D eigenvalue weighted by atomic mass is 9.77. The van der Waals surface area contributed by atoms with E-state index in [2.05, 4.69) is 6.07 Å². The monoisotopic (exact) mass is 497 g/mol. The predicted molar refractivity (Wildman–Crippen MR) is 120 cm³/mol. The van der Waals surface area contributed by atoms with Crippen LogP contribution in [-0.4, -0.2) is 65.2 Å². The Morgan fingerprint density at radius 3 is 2.40 bits per heavy atom. The number of aldehydes is 1. The number of hydrogen-bond acceptors (Lipinski definition) is 5. The summed E-state index contributed by atoms with van der Waals surface area (Å²) in [6.07, 6.45) is -4.28. The predicted octanol–water partition coefficient (Wildman–Crippen LogP) is 5.08. The van der Waals surface area contributed by atoms with Crippen LogP contribution in [0.2, 0.25) is 0 Å². The Bertz CT molecular complexity index is 939. The molecule has 0 radical (unpaired) electrons. The molecular weight excluding hydrogens is 466 g/mol. The van der Waals surface area contributed by atoms with Gasteiger partial charge >= 0.3 is 12.3 Å². The van der Waals surface area contributed by atoms with Gasteiger partial charge in [-0.15, -0.1) is 0 Å². The molecule has 0 N–H and O–H groups in total. The molecule has 0 spiro atoms. The highest BCUT2D eigenvalue weighted by molar-refractivity contribution is 5.72. The van der Waals surface area contributed by atoms with E-state index in [0.717, 1.165) is 12.1 Å². The van der Waals surface area contributed by atoms with Crippen molar-refractivity contribution in [1.82, 2.24) is 9.80 Å². The van der Waals surface area contributed by atoms with E-state index < -0.39 is 47.7 Å². The average molecular weight is 498 g/mol. The molecular formula is C25H31F4N3O3. The number of nitrogens with zero attached hydrogens (tertiary/aromatic N) is 3. The summed E-state index contributed by atoms with van der Waals surface area (Å²) in [5.41, 5.74) is -0.819. The Kier molecular flexibility index (Phi) is 8.10. The van der Waals surface area contributed by atoms with E-state index in [1.54, 1.807) is 25.7 Å². The van der Waals surface area contributed by atoms with Crippen molar-refractivity contribution in [2.45, 2.75) is 88.4 Å². The number of carbonyl (C=O) groups excluding carboxylic acids is 2. The van der Waals surface area contributed by atoms with Gasteiger partial charge in [-0.05, 0) is 63.6 Å². The number of nitriles is 1. The molecule has 0 bridgehead atoms. The maximum Gasteiger partial charge on any atom is 0.416 e. The van der Waals surface area contributed by atoms with Crippen LogP contribution in [0.4, 0.5) is 22.4 Å². The summed E-state index contributed by atoms with van der Waals surface area (Å²) in [6, 6.07) is 5.45. The van der Waals surface area contributed by atoms with Gasteiger partial charge in [-0.3, -0.25) is 9.80 Å². The Balaban J connectivity index is 1.92. The number of ether oxygens (including phenoxy) is 1. The molecule has 1 aliphatic carbocycles. The second kappa shape index (κ2) is 10.5. The third kappa shape index (κ3) is 6.51. The maximum atomic E-state index is 14.3. The number of halogens is 4. The van der Waals surface area contributed by atoms with Crippen molar-refractivity contribution in [1.29, 1.82) is 5.26 Å². The lowest BCUT2D eigenvalue weighted by molar-refractivity contribution is -0.137.